The number of rotatable bonds is 8. The van der Waals surface area contributed by atoms with Gasteiger partial charge < -0.3 is 14.4 Å². The fourth-order valence-corrected chi connectivity index (χ4v) is 3.10. The minimum atomic E-state index is -0.344. The van der Waals surface area contributed by atoms with Gasteiger partial charge in [0.05, 0.1) is 24.8 Å². The molecule has 3 amide bonds. The van der Waals surface area contributed by atoms with Gasteiger partial charge in [-0.2, -0.15) is 0 Å². The highest BCUT2D eigenvalue weighted by atomic mass is 16.5. The molecule has 152 valence electrons. The number of amides is 3. The molecule has 2 aromatic carbocycles. The number of methoxy groups -OCH3 is 1. The molecule has 0 N–H and O–H groups in total. The van der Waals surface area contributed by atoms with Crippen molar-refractivity contribution in [2.45, 2.75) is 13.3 Å². The molecule has 7 nitrogen and oxygen atoms in total. The summed E-state index contributed by atoms with van der Waals surface area (Å²) in [6, 6.07) is 12.4. The van der Waals surface area contributed by atoms with Crippen LogP contribution in [0.3, 0.4) is 0 Å². The van der Waals surface area contributed by atoms with E-state index in [1.165, 1.54) is 4.90 Å². The topological polar surface area (TPSA) is 76.2 Å². The molecule has 0 aliphatic carbocycles. The summed E-state index contributed by atoms with van der Waals surface area (Å²) in [4.78, 5) is 39.9. The molecule has 0 unspecified atom stereocenters. The number of carbonyl (C=O) groups is 3. The SMILES string of the molecule is COc1ccc(OCCN(C)C(=O)CCN2C(=O)c3ccc(C)cc3C2=O)cc1. The van der Waals surface area contributed by atoms with Gasteiger partial charge in [0.15, 0.2) is 0 Å². The molecule has 7 heteroatoms. The summed E-state index contributed by atoms with van der Waals surface area (Å²) in [7, 11) is 3.27. The largest absolute Gasteiger partial charge is 0.497 e. The van der Waals surface area contributed by atoms with Crippen LogP contribution >= 0.6 is 0 Å². The first kappa shape index (κ1) is 20.4. The molecular formula is C22H24N2O5. The summed E-state index contributed by atoms with van der Waals surface area (Å²) in [6.07, 6.45) is 0.0729. The molecular weight excluding hydrogens is 372 g/mol. The molecule has 0 saturated heterocycles. The van der Waals surface area contributed by atoms with E-state index in [9.17, 15) is 14.4 Å². The highest BCUT2D eigenvalue weighted by molar-refractivity contribution is 6.21. The van der Waals surface area contributed by atoms with Gasteiger partial charge in [-0.05, 0) is 43.3 Å². The van der Waals surface area contributed by atoms with Gasteiger partial charge in [-0.15, -0.1) is 0 Å². The van der Waals surface area contributed by atoms with Crippen LogP contribution in [0.2, 0.25) is 0 Å². The van der Waals surface area contributed by atoms with Gasteiger partial charge in [-0.1, -0.05) is 11.6 Å². The number of carbonyl (C=O) groups excluding carboxylic acids is 3. The second kappa shape index (κ2) is 8.77. The zero-order chi connectivity index (χ0) is 21.0. The first-order valence-corrected chi connectivity index (χ1v) is 9.38. The predicted molar refractivity (Wildman–Crippen MR) is 107 cm³/mol. The van der Waals surface area contributed by atoms with Crippen LogP contribution in [-0.4, -0.2) is 61.4 Å². The third-order valence-electron chi connectivity index (χ3n) is 4.86. The number of ether oxygens (including phenoxy) is 2. The Morgan fingerprint density at radius 1 is 1.00 bits per heavy atom. The van der Waals surface area contributed by atoms with Crippen molar-refractivity contribution in [3.63, 3.8) is 0 Å². The van der Waals surface area contributed by atoms with Crippen molar-refractivity contribution in [2.75, 3.05) is 33.9 Å². The van der Waals surface area contributed by atoms with Crippen LogP contribution in [0.1, 0.15) is 32.7 Å². The Bertz CT molecular complexity index is 923. The fraction of sp³-hybridized carbons (Fsp3) is 0.318. The van der Waals surface area contributed by atoms with Crippen molar-refractivity contribution in [1.29, 1.82) is 0 Å². The van der Waals surface area contributed by atoms with Crippen molar-refractivity contribution in [2.24, 2.45) is 0 Å². The van der Waals surface area contributed by atoms with E-state index in [1.807, 2.05) is 6.92 Å². The molecule has 0 saturated carbocycles. The van der Waals surface area contributed by atoms with E-state index in [0.29, 0.717) is 30.0 Å². The molecule has 2 aromatic rings. The fourth-order valence-electron chi connectivity index (χ4n) is 3.10. The summed E-state index contributed by atoms with van der Waals surface area (Å²) in [6.45, 7) is 2.66. The lowest BCUT2D eigenvalue weighted by molar-refractivity contribution is -0.130. The standard InChI is InChI=1S/C22H24N2O5/c1-15-4-9-18-19(14-15)22(27)24(21(18)26)11-10-20(25)23(2)12-13-29-17-7-5-16(28-3)6-8-17/h4-9,14H,10-13H2,1-3H3. The number of nitrogens with zero attached hydrogens (tertiary/aromatic N) is 2. The monoisotopic (exact) mass is 396 g/mol. The van der Waals surface area contributed by atoms with Crippen molar-refractivity contribution in [3.05, 3.63) is 59.2 Å². The quantitative estimate of drug-likeness (QED) is 0.641. The maximum atomic E-state index is 12.5. The molecule has 0 spiro atoms. The molecule has 1 heterocycles. The molecule has 0 aromatic heterocycles. The maximum absolute atomic E-state index is 12.5. The second-order valence-corrected chi connectivity index (χ2v) is 6.90. The van der Waals surface area contributed by atoms with Crippen molar-refractivity contribution in [3.8, 4) is 11.5 Å². The third kappa shape index (κ3) is 4.56. The highest BCUT2D eigenvalue weighted by Crippen LogP contribution is 2.24. The number of benzene rings is 2. The summed E-state index contributed by atoms with van der Waals surface area (Å²) in [5, 5.41) is 0. The lowest BCUT2D eigenvalue weighted by atomic mass is 10.1. The Morgan fingerprint density at radius 3 is 2.34 bits per heavy atom. The Kier molecular flexibility index (Phi) is 6.16. The van der Waals surface area contributed by atoms with Gasteiger partial charge in [0.2, 0.25) is 5.91 Å². The van der Waals surface area contributed by atoms with Crippen molar-refractivity contribution in [1.82, 2.24) is 9.80 Å². The Morgan fingerprint density at radius 2 is 1.66 bits per heavy atom. The van der Waals surface area contributed by atoms with Crippen molar-refractivity contribution >= 4 is 17.7 Å². The van der Waals surface area contributed by atoms with E-state index >= 15 is 0 Å². The van der Waals surface area contributed by atoms with Crippen LogP contribution < -0.4 is 9.47 Å². The first-order valence-electron chi connectivity index (χ1n) is 9.38. The molecule has 1 aliphatic rings. The lowest BCUT2D eigenvalue weighted by Gasteiger charge is -2.19. The van der Waals surface area contributed by atoms with Crippen LogP contribution in [0.15, 0.2) is 42.5 Å². The van der Waals surface area contributed by atoms with Crippen LogP contribution in [0.25, 0.3) is 0 Å². The number of likely N-dealkylation sites (N-methyl/N-ethyl adjacent to an activating group) is 1. The van der Waals surface area contributed by atoms with Gasteiger partial charge in [0.25, 0.3) is 11.8 Å². The van der Waals surface area contributed by atoms with Crippen molar-refractivity contribution < 1.29 is 23.9 Å². The Labute approximate surface area is 169 Å². The minimum Gasteiger partial charge on any atom is -0.497 e. The van der Waals surface area contributed by atoms with E-state index in [-0.39, 0.29) is 30.7 Å². The van der Waals surface area contributed by atoms with Crippen LogP contribution in [0, 0.1) is 6.92 Å². The summed E-state index contributed by atoms with van der Waals surface area (Å²) < 4.78 is 10.7. The minimum absolute atomic E-state index is 0.0634. The Balaban J connectivity index is 1.46. The molecule has 0 atom stereocenters. The van der Waals surface area contributed by atoms with E-state index < -0.39 is 0 Å². The van der Waals surface area contributed by atoms with Crippen LogP contribution in [0.5, 0.6) is 11.5 Å². The summed E-state index contributed by atoms with van der Waals surface area (Å²) in [5.41, 5.74) is 1.72. The number of hydrogen-bond acceptors (Lipinski definition) is 5. The number of fused-ring (bicyclic) bond motifs is 1. The molecule has 29 heavy (non-hydrogen) atoms. The summed E-state index contributed by atoms with van der Waals surface area (Å²) >= 11 is 0. The number of imide groups is 1. The zero-order valence-corrected chi connectivity index (χ0v) is 16.8. The molecule has 0 fully saturated rings. The average Bonchev–Trinajstić information content (AvgIpc) is 2.96. The van der Waals surface area contributed by atoms with Gasteiger partial charge in [0, 0.05) is 20.0 Å². The van der Waals surface area contributed by atoms with E-state index in [1.54, 1.807) is 56.6 Å². The van der Waals surface area contributed by atoms with Gasteiger partial charge in [-0.25, -0.2) is 0 Å². The number of aryl methyl sites for hydroxylation is 1. The van der Waals surface area contributed by atoms with Crippen LogP contribution in [-0.2, 0) is 4.79 Å². The molecule has 0 bridgehead atoms. The number of hydrogen-bond donors (Lipinski definition) is 0. The third-order valence-corrected chi connectivity index (χ3v) is 4.86. The molecule has 3 rings (SSSR count). The highest BCUT2D eigenvalue weighted by Gasteiger charge is 2.35. The second-order valence-electron chi connectivity index (χ2n) is 6.90. The van der Waals surface area contributed by atoms with Gasteiger partial charge in [0.1, 0.15) is 18.1 Å². The van der Waals surface area contributed by atoms with E-state index in [2.05, 4.69) is 0 Å². The van der Waals surface area contributed by atoms with E-state index in [0.717, 1.165) is 16.2 Å². The summed E-state index contributed by atoms with van der Waals surface area (Å²) in [5.74, 6) is 0.590. The average molecular weight is 396 g/mol. The predicted octanol–water partition coefficient (Wildman–Crippen LogP) is 2.53. The smallest absolute Gasteiger partial charge is 0.261 e. The maximum Gasteiger partial charge on any atom is 0.261 e. The normalized spacial score (nSPS) is 12.7. The molecule has 0 radical (unpaired) electrons. The Hall–Kier alpha value is -3.35. The van der Waals surface area contributed by atoms with Gasteiger partial charge in [-0.3, -0.25) is 19.3 Å². The zero-order valence-electron chi connectivity index (χ0n) is 16.8. The lowest BCUT2D eigenvalue weighted by Crippen LogP contribution is -2.36. The van der Waals surface area contributed by atoms with Gasteiger partial charge >= 0.3 is 0 Å². The molecule has 1 aliphatic heterocycles. The van der Waals surface area contributed by atoms with Crippen LogP contribution in [0.4, 0.5) is 0 Å². The first-order chi connectivity index (χ1) is 13.9. The van der Waals surface area contributed by atoms with E-state index in [4.69, 9.17) is 9.47 Å².